The molecule has 0 fully saturated rings. The van der Waals surface area contributed by atoms with Gasteiger partial charge in [-0.1, -0.05) is 54.6 Å². The molecule has 0 saturated carbocycles. The molecule has 24 heavy (non-hydrogen) atoms. The van der Waals surface area contributed by atoms with Crippen LogP contribution in [0.1, 0.15) is 28.4 Å². The molecule has 124 valence electrons. The maximum absolute atomic E-state index is 12.2. The summed E-state index contributed by atoms with van der Waals surface area (Å²) in [6.45, 7) is 1.62. The molecule has 0 aliphatic heterocycles. The molecule has 5 N–H and O–H groups in total. The molecule has 2 aromatic carbocycles. The Morgan fingerprint density at radius 2 is 1.50 bits per heavy atom. The molecule has 0 unspecified atom stereocenters. The maximum atomic E-state index is 12.2. The molecule has 2 aromatic rings. The molecule has 2 atom stereocenters. The highest BCUT2D eigenvalue weighted by Gasteiger charge is 2.22. The van der Waals surface area contributed by atoms with Gasteiger partial charge in [-0.05, 0) is 30.2 Å². The van der Waals surface area contributed by atoms with Gasteiger partial charge in [-0.15, -0.1) is 0 Å². The second-order valence-corrected chi connectivity index (χ2v) is 5.58. The van der Waals surface area contributed by atoms with E-state index >= 15 is 0 Å². The van der Waals surface area contributed by atoms with Gasteiger partial charge in [0.05, 0.1) is 0 Å². The third-order valence-electron chi connectivity index (χ3n) is 3.56. The van der Waals surface area contributed by atoms with Crippen LogP contribution >= 0.6 is 0 Å². The lowest BCUT2D eigenvalue weighted by Crippen LogP contribution is -2.53. The van der Waals surface area contributed by atoms with Crippen LogP contribution < -0.4 is 16.8 Å². The molecule has 0 radical (unpaired) electrons. The van der Waals surface area contributed by atoms with Gasteiger partial charge in [0.25, 0.3) is 5.91 Å². The largest absolute Gasteiger partial charge is 0.368 e. The van der Waals surface area contributed by atoms with E-state index in [1.165, 1.54) is 0 Å². The van der Waals surface area contributed by atoms with E-state index in [-0.39, 0.29) is 5.91 Å². The molecule has 0 bridgehead atoms. The topological polar surface area (TPSA) is 98.2 Å². The zero-order valence-electron chi connectivity index (χ0n) is 13.5. The van der Waals surface area contributed by atoms with Crippen molar-refractivity contribution in [1.82, 2.24) is 5.32 Å². The van der Waals surface area contributed by atoms with Crippen molar-refractivity contribution in [3.8, 4) is 0 Å². The van der Waals surface area contributed by atoms with Gasteiger partial charge in [0.2, 0.25) is 5.91 Å². The first-order valence-corrected chi connectivity index (χ1v) is 7.66. The lowest BCUT2D eigenvalue weighted by Gasteiger charge is -2.18. The van der Waals surface area contributed by atoms with E-state index in [9.17, 15) is 9.59 Å². The molecular weight excluding hydrogens is 302 g/mol. The molecule has 2 amide bonds. The molecule has 0 aliphatic carbocycles. The van der Waals surface area contributed by atoms with Gasteiger partial charge in [0, 0.05) is 11.6 Å². The van der Waals surface area contributed by atoms with Crippen LogP contribution in [0.3, 0.4) is 0 Å². The van der Waals surface area contributed by atoms with E-state index in [2.05, 4.69) is 5.32 Å². The highest BCUT2D eigenvalue weighted by molar-refractivity contribution is 5.97. The number of nitrogens with one attached hydrogen (secondary N) is 1. The van der Waals surface area contributed by atoms with E-state index in [1.54, 1.807) is 19.1 Å². The zero-order chi connectivity index (χ0) is 17.5. The van der Waals surface area contributed by atoms with Gasteiger partial charge in [-0.2, -0.15) is 0 Å². The average Bonchev–Trinajstić information content (AvgIpc) is 2.58. The zero-order valence-corrected chi connectivity index (χ0v) is 13.5. The summed E-state index contributed by atoms with van der Waals surface area (Å²) in [5.41, 5.74) is 13.4. The highest BCUT2D eigenvalue weighted by Crippen LogP contribution is 2.10. The van der Waals surface area contributed by atoms with Crippen molar-refractivity contribution < 1.29 is 9.59 Å². The Morgan fingerprint density at radius 3 is 2.00 bits per heavy atom. The van der Waals surface area contributed by atoms with Crippen molar-refractivity contribution in [2.45, 2.75) is 19.0 Å². The Morgan fingerprint density at radius 1 is 0.958 bits per heavy atom. The van der Waals surface area contributed by atoms with Gasteiger partial charge >= 0.3 is 0 Å². The normalized spacial score (nSPS) is 13.4. The fourth-order valence-electron chi connectivity index (χ4n) is 2.19. The predicted octanol–water partition coefficient (Wildman–Crippen LogP) is 1.79. The molecule has 0 aliphatic rings. The minimum atomic E-state index is -0.893. The molecule has 5 heteroatoms. The maximum Gasteiger partial charge on any atom is 0.251 e. The Kier molecular flexibility index (Phi) is 5.87. The predicted molar refractivity (Wildman–Crippen MR) is 95.9 cm³/mol. The summed E-state index contributed by atoms with van der Waals surface area (Å²) in [4.78, 5) is 23.5. The summed E-state index contributed by atoms with van der Waals surface area (Å²) < 4.78 is 0. The summed E-state index contributed by atoms with van der Waals surface area (Å²) in [7, 11) is 0. The molecule has 5 nitrogen and oxygen atoms in total. The van der Waals surface area contributed by atoms with Crippen LogP contribution in [0.15, 0.2) is 54.6 Å². The van der Waals surface area contributed by atoms with Gasteiger partial charge in [0.1, 0.15) is 6.04 Å². The third-order valence-corrected chi connectivity index (χ3v) is 3.56. The van der Waals surface area contributed by atoms with Crippen LogP contribution in [0, 0.1) is 0 Å². The van der Waals surface area contributed by atoms with Gasteiger partial charge in [-0.25, -0.2) is 0 Å². The molecule has 0 saturated heterocycles. The van der Waals surface area contributed by atoms with E-state index in [1.807, 2.05) is 54.6 Å². The number of amides is 2. The first-order valence-electron chi connectivity index (χ1n) is 7.66. The first kappa shape index (κ1) is 17.4. The molecule has 0 spiro atoms. The van der Waals surface area contributed by atoms with Crippen molar-refractivity contribution in [3.05, 3.63) is 71.3 Å². The highest BCUT2D eigenvalue weighted by atomic mass is 16.2. The SMILES string of the molecule is C[C@@H](N)[C@H](NC(=O)c1ccc(/C=C/c2ccccc2)cc1)C(N)=O. The second kappa shape index (κ2) is 8.08. The van der Waals surface area contributed by atoms with Gasteiger partial charge in [0.15, 0.2) is 0 Å². The second-order valence-electron chi connectivity index (χ2n) is 5.58. The fraction of sp³-hybridized carbons (Fsp3) is 0.158. The Labute approximate surface area is 141 Å². The first-order chi connectivity index (χ1) is 11.5. The standard InChI is InChI=1S/C19H21N3O2/c1-13(20)17(18(21)23)22-19(24)16-11-9-15(10-12-16)8-7-14-5-3-2-4-6-14/h2-13,17H,20H2,1H3,(H2,21,23)(H,22,24)/b8-7+/t13-,17+/m1/s1. The number of benzene rings is 2. The number of carbonyl (C=O) groups is 2. The summed E-state index contributed by atoms with van der Waals surface area (Å²) in [5, 5.41) is 2.55. The molecule has 0 aromatic heterocycles. The minimum absolute atomic E-state index is 0.380. The van der Waals surface area contributed by atoms with Crippen molar-refractivity contribution in [1.29, 1.82) is 0 Å². The van der Waals surface area contributed by atoms with Crippen molar-refractivity contribution in [2.24, 2.45) is 11.5 Å². The average molecular weight is 323 g/mol. The summed E-state index contributed by atoms with van der Waals surface area (Å²) in [6.07, 6.45) is 3.96. The van der Waals surface area contributed by atoms with Crippen molar-refractivity contribution in [3.63, 3.8) is 0 Å². The van der Waals surface area contributed by atoms with E-state index in [0.29, 0.717) is 5.56 Å². The fourth-order valence-corrected chi connectivity index (χ4v) is 2.19. The van der Waals surface area contributed by atoms with Crippen LogP contribution in [0.25, 0.3) is 12.2 Å². The molecule has 2 rings (SSSR count). The Balaban J connectivity index is 2.04. The molecule has 0 heterocycles. The van der Waals surface area contributed by atoms with Crippen LogP contribution in [-0.2, 0) is 4.79 Å². The van der Waals surface area contributed by atoms with Crippen molar-refractivity contribution >= 4 is 24.0 Å². The number of nitrogens with two attached hydrogens (primary N) is 2. The van der Waals surface area contributed by atoms with Gasteiger partial charge in [-0.3, -0.25) is 9.59 Å². The van der Waals surface area contributed by atoms with E-state index in [0.717, 1.165) is 11.1 Å². The van der Waals surface area contributed by atoms with Crippen LogP contribution in [0.2, 0.25) is 0 Å². The number of carbonyl (C=O) groups excluding carboxylic acids is 2. The number of rotatable bonds is 6. The van der Waals surface area contributed by atoms with Crippen LogP contribution in [0.4, 0.5) is 0 Å². The van der Waals surface area contributed by atoms with Crippen molar-refractivity contribution in [2.75, 3.05) is 0 Å². The smallest absolute Gasteiger partial charge is 0.251 e. The summed E-state index contributed by atoms with van der Waals surface area (Å²) in [5.74, 6) is -1.03. The lowest BCUT2D eigenvalue weighted by atomic mass is 10.1. The third kappa shape index (κ3) is 4.79. The number of hydrogen-bond acceptors (Lipinski definition) is 3. The number of primary amides is 1. The lowest BCUT2D eigenvalue weighted by molar-refractivity contribution is -0.120. The van der Waals surface area contributed by atoms with Crippen LogP contribution in [-0.4, -0.2) is 23.9 Å². The number of hydrogen-bond donors (Lipinski definition) is 3. The Bertz CT molecular complexity index is 722. The quantitative estimate of drug-likeness (QED) is 0.707. The van der Waals surface area contributed by atoms with Crippen LogP contribution in [0.5, 0.6) is 0 Å². The monoisotopic (exact) mass is 323 g/mol. The Hall–Kier alpha value is -2.92. The van der Waals surface area contributed by atoms with Gasteiger partial charge < -0.3 is 16.8 Å². The van der Waals surface area contributed by atoms with E-state index in [4.69, 9.17) is 11.5 Å². The minimum Gasteiger partial charge on any atom is -0.368 e. The van der Waals surface area contributed by atoms with E-state index < -0.39 is 18.0 Å². The summed E-state index contributed by atoms with van der Waals surface area (Å²) >= 11 is 0. The summed E-state index contributed by atoms with van der Waals surface area (Å²) in [6, 6.07) is 15.5. The molecular formula is C19H21N3O2.